The predicted octanol–water partition coefficient (Wildman–Crippen LogP) is 6.07. The first kappa shape index (κ1) is 63.8. The Kier molecular flexibility index (Phi) is 37.8. The number of benzene rings is 2. The Balaban J connectivity index is 1.71. The van der Waals surface area contributed by atoms with E-state index in [0.29, 0.717) is 84.0 Å². The molecule has 0 unspecified atom stereocenters. The minimum Gasteiger partial charge on any atom is -0.388 e. The largest absolute Gasteiger partial charge is 0.388 e. The summed E-state index contributed by atoms with van der Waals surface area (Å²) in [6.07, 6.45) is 7.16. The van der Waals surface area contributed by atoms with E-state index < -0.39 is 0 Å². The van der Waals surface area contributed by atoms with E-state index in [2.05, 4.69) is 70.1 Å². The molecule has 0 aromatic heterocycles. The molecule has 3 amide bonds. The molecule has 71 heavy (non-hydrogen) atoms. The maximum Gasteiger partial charge on any atom is 0.223 e. The molecule has 0 saturated heterocycles. The number of carbonyl (C=O) groups excluding carboxylic acids is 3. The normalized spacial score (nSPS) is 11.3. The summed E-state index contributed by atoms with van der Waals surface area (Å²) in [6, 6.07) is 17.4. The number of amidine groups is 1. The highest BCUT2D eigenvalue weighted by molar-refractivity contribution is 8.00. The number of aliphatic imine (C=N–C) groups is 3. The third-order valence-electron chi connectivity index (χ3n) is 10.4. The summed E-state index contributed by atoms with van der Waals surface area (Å²) < 4.78 is 0. The topological polar surface area (TPSA) is 254 Å². The first-order valence-electron chi connectivity index (χ1n) is 24.5. The fraction of sp³-hybridized carbons (Fsp3) is 0.600. The van der Waals surface area contributed by atoms with Crippen LogP contribution >= 0.6 is 70.6 Å². The molecule has 0 saturated carbocycles. The van der Waals surface area contributed by atoms with E-state index in [-0.39, 0.29) is 29.6 Å². The lowest BCUT2D eigenvalue weighted by Gasteiger charge is -2.22. The van der Waals surface area contributed by atoms with Crippen LogP contribution < -0.4 is 34.4 Å². The Morgan fingerprint density at radius 2 is 0.901 bits per heavy atom. The van der Waals surface area contributed by atoms with Crippen LogP contribution in [0.1, 0.15) is 74.1 Å². The molecule has 0 heterocycles. The molecule has 0 bridgehead atoms. The fourth-order valence-corrected chi connectivity index (χ4v) is 12.3. The summed E-state index contributed by atoms with van der Waals surface area (Å²) in [5.74, 6) is 11.9. The van der Waals surface area contributed by atoms with E-state index in [1.807, 2.05) is 56.8 Å². The van der Waals surface area contributed by atoms with Crippen LogP contribution in [0.4, 0.5) is 0 Å². The lowest BCUT2D eigenvalue weighted by Crippen LogP contribution is -2.35. The van der Waals surface area contributed by atoms with E-state index >= 15 is 0 Å². The van der Waals surface area contributed by atoms with Gasteiger partial charge in [-0.1, -0.05) is 54.6 Å². The molecular formula is C50H84N12O3S6. The maximum absolute atomic E-state index is 13.4. The zero-order valence-electron chi connectivity index (χ0n) is 42.2. The predicted molar refractivity (Wildman–Crippen MR) is 317 cm³/mol. The molecule has 0 aliphatic carbocycles. The van der Waals surface area contributed by atoms with Crippen molar-refractivity contribution in [2.75, 3.05) is 111 Å². The van der Waals surface area contributed by atoms with Crippen LogP contribution in [0.5, 0.6) is 0 Å². The van der Waals surface area contributed by atoms with Gasteiger partial charge in [-0.2, -0.15) is 70.6 Å². The maximum atomic E-state index is 13.4. The van der Waals surface area contributed by atoms with Crippen molar-refractivity contribution in [2.45, 2.75) is 74.9 Å². The Morgan fingerprint density at radius 3 is 1.37 bits per heavy atom. The number of amides is 3. The average molecular weight is 1090 g/mol. The van der Waals surface area contributed by atoms with E-state index in [4.69, 9.17) is 34.4 Å². The number of hydrogen-bond donors (Lipinski definition) is 6. The third kappa shape index (κ3) is 33.9. The third-order valence-corrected chi connectivity index (χ3v) is 17.0. The van der Waals surface area contributed by atoms with Gasteiger partial charge in [0.2, 0.25) is 17.7 Å². The zero-order chi connectivity index (χ0) is 51.7. The Hall–Kier alpha value is -3.34. The van der Waals surface area contributed by atoms with Crippen molar-refractivity contribution in [3.63, 3.8) is 0 Å². The van der Waals surface area contributed by atoms with E-state index in [0.717, 1.165) is 101 Å². The van der Waals surface area contributed by atoms with Crippen LogP contribution in [-0.4, -0.2) is 162 Å². The van der Waals surface area contributed by atoms with Crippen molar-refractivity contribution in [3.8, 4) is 0 Å². The summed E-state index contributed by atoms with van der Waals surface area (Å²) >= 11 is 11.1. The second-order valence-electron chi connectivity index (χ2n) is 16.6. The van der Waals surface area contributed by atoms with Crippen LogP contribution in [0.15, 0.2) is 76.2 Å². The van der Waals surface area contributed by atoms with Gasteiger partial charge in [0.15, 0.2) is 11.9 Å². The van der Waals surface area contributed by atoms with Crippen molar-refractivity contribution in [1.29, 1.82) is 0 Å². The summed E-state index contributed by atoms with van der Waals surface area (Å²) in [6.45, 7) is 10.9. The van der Waals surface area contributed by atoms with Crippen molar-refractivity contribution < 1.29 is 14.4 Å². The van der Waals surface area contributed by atoms with Gasteiger partial charge in [0.25, 0.3) is 0 Å². The second-order valence-corrected chi connectivity index (χ2v) is 23.4. The molecule has 2 rings (SSSR count). The molecule has 2 aromatic carbocycles. The Morgan fingerprint density at radius 1 is 0.507 bits per heavy atom. The highest BCUT2D eigenvalue weighted by Crippen LogP contribution is 2.21. The monoisotopic (exact) mass is 1090 g/mol. The van der Waals surface area contributed by atoms with E-state index in [9.17, 15) is 14.4 Å². The smallest absolute Gasteiger partial charge is 0.223 e. The van der Waals surface area contributed by atoms with Gasteiger partial charge in [-0.3, -0.25) is 29.4 Å². The molecule has 12 N–H and O–H groups in total. The minimum atomic E-state index is 0.0284. The van der Waals surface area contributed by atoms with Gasteiger partial charge >= 0.3 is 0 Å². The number of hydrogen-bond acceptors (Lipinski definition) is 13. The summed E-state index contributed by atoms with van der Waals surface area (Å²) in [7, 11) is 0. The molecule has 15 nitrogen and oxygen atoms in total. The summed E-state index contributed by atoms with van der Waals surface area (Å²) in [4.78, 5) is 57.3. The van der Waals surface area contributed by atoms with Crippen molar-refractivity contribution in [2.24, 2.45) is 49.4 Å². The van der Waals surface area contributed by atoms with Crippen LogP contribution in [0.3, 0.4) is 0 Å². The fourth-order valence-electron chi connectivity index (χ4n) is 6.76. The van der Waals surface area contributed by atoms with Crippen molar-refractivity contribution in [1.82, 2.24) is 14.7 Å². The second kappa shape index (κ2) is 42.1. The molecule has 0 radical (unpaired) electrons. The molecular weight excluding hydrogens is 1010 g/mol. The van der Waals surface area contributed by atoms with Gasteiger partial charge in [-0.05, 0) is 90.2 Å². The first-order chi connectivity index (χ1) is 34.4. The van der Waals surface area contributed by atoms with Crippen LogP contribution in [0.25, 0.3) is 0 Å². The van der Waals surface area contributed by atoms with Crippen LogP contribution in [0, 0.1) is 0 Å². The highest BCUT2D eigenvalue weighted by atomic mass is 32.2. The number of carbonyl (C=O) groups is 3. The molecule has 0 aliphatic rings. The first-order valence-corrected chi connectivity index (χ1v) is 31.5. The lowest BCUT2D eigenvalue weighted by atomic mass is 10.2. The van der Waals surface area contributed by atoms with Gasteiger partial charge in [-0.25, -0.2) is 0 Å². The molecule has 0 aliphatic heterocycles. The van der Waals surface area contributed by atoms with Gasteiger partial charge in [-0.15, -0.1) is 6.58 Å². The molecule has 0 atom stereocenters. The minimum absolute atomic E-state index is 0.0284. The number of thioether (sulfide) groups is 6. The van der Waals surface area contributed by atoms with Crippen LogP contribution in [-0.2, 0) is 37.4 Å². The Labute approximate surface area is 451 Å². The van der Waals surface area contributed by atoms with Gasteiger partial charge in [0, 0.05) is 98.8 Å². The number of nitrogens with zero attached hydrogens (tertiary/aromatic N) is 6. The Bertz CT molecular complexity index is 1870. The van der Waals surface area contributed by atoms with Crippen LogP contribution in [0.2, 0.25) is 0 Å². The van der Waals surface area contributed by atoms with Gasteiger partial charge in [0.1, 0.15) is 0 Å². The van der Waals surface area contributed by atoms with Crippen molar-refractivity contribution in [3.05, 3.63) is 83.4 Å². The number of nitrogens with two attached hydrogens (primary N) is 6. The molecule has 2 aromatic rings. The number of rotatable bonds is 43. The molecule has 21 heteroatoms. The SMILES string of the molecule is C=CCN(CCN=C(C)N)C(=O)CCSCc1ccc(CSCCCN(CCN=C(N)N)C(=O)CCSCc2cccc(CSCCCN(CCN=C(N)N)C(=O)CCSCCCSCCCN)c2)cc1. The number of guanidine groups is 2. The molecule has 398 valence electrons. The summed E-state index contributed by atoms with van der Waals surface area (Å²) in [5.41, 5.74) is 38.5. The van der Waals surface area contributed by atoms with E-state index in [1.54, 1.807) is 41.4 Å². The quantitative estimate of drug-likeness (QED) is 0.0191. The highest BCUT2D eigenvalue weighted by Gasteiger charge is 2.15. The molecule has 0 spiro atoms. The summed E-state index contributed by atoms with van der Waals surface area (Å²) in [5, 5.41) is 0. The van der Waals surface area contributed by atoms with E-state index in [1.165, 1.54) is 22.3 Å². The lowest BCUT2D eigenvalue weighted by molar-refractivity contribution is -0.131. The molecule has 0 fully saturated rings. The zero-order valence-corrected chi connectivity index (χ0v) is 47.1. The van der Waals surface area contributed by atoms with Crippen molar-refractivity contribution >= 4 is 106 Å². The average Bonchev–Trinajstić information content (AvgIpc) is 3.34. The van der Waals surface area contributed by atoms with Gasteiger partial charge in [0.05, 0.1) is 25.5 Å². The van der Waals surface area contributed by atoms with Gasteiger partial charge < -0.3 is 49.1 Å². The standard InChI is InChI=1S/C50H84N12O3S6/c1-3-22-60(25-19-57-41(2)52)46(63)16-34-70-38-43-13-11-42(12-14-43)37-68-29-6-23-62(27-21-59-50(55)56)48(65)17-35-71-40-45-10-4-9-44(36-45)39-69-30-7-24-61(26-20-58-49(53)54)47(64)15-33-67-32-8-31-66-28-5-18-51/h3-4,9-14,36H,1,5-8,15-35,37-40,51H2,2H3,(H2,52,57)(H4,53,54,58)(H4,55,56,59).